The molecule has 0 aliphatic heterocycles. The molecule has 0 saturated heterocycles. The molecule has 0 radical (unpaired) electrons. The molecular formula is C11H17Cl2N3O2. The first-order chi connectivity index (χ1) is 8.00. The van der Waals surface area contributed by atoms with Crippen molar-refractivity contribution in [2.24, 2.45) is 0 Å². The maximum atomic E-state index is 10.5. The second-order valence-electron chi connectivity index (χ2n) is 4.00. The summed E-state index contributed by atoms with van der Waals surface area (Å²) in [5.74, 6) is 0. The highest BCUT2D eigenvalue weighted by atomic mass is 35.5. The zero-order valence-electron chi connectivity index (χ0n) is 10.4. The van der Waals surface area contributed by atoms with Gasteiger partial charge < -0.3 is 10.2 Å². The van der Waals surface area contributed by atoms with Crippen molar-refractivity contribution in [3.8, 4) is 0 Å². The maximum absolute atomic E-state index is 10.5. The number of nitro groups is 1. The quantitative estimate of drug-likeness (QED) is 0.498. The maximum Gasteiger partial charge on any atom is 0.271 e. The van der Waals surface area contributed by atoms with Crippen molar-refractivity contribution >= 4 is 35.4 Å². The van der Waals surface area contributed by atoms with Crippen LogP contribution in [-0.4, -0.2) is 37.0 Å². The highest BCUT2D eigenvalue weighted by molar-refractivity contribution is 6.33. The number of nitrogens with zero attached hydrogens (tertiary/aromatic N) is 2. The standard InChI is InChI=1S/C11H16ClN3O2.ClH/c1-14(2)7-3-6-13-11-5-4-9(15(16)17)8-10(11)12;/h4-5,8,13H,3,6-7H2,1-2H3;1H. The Balaban J connectivity index is 0.00000289. The topological polar surface area (TPSA) is 58.4 Å². The smallest absolute Gasteiger partial charge is 0.271 e. The minimum absolute atomic E-state index is 0. The van der Waals surface area contributed by atoms with E-state index in [0.29, 0.717) is 5.02 Å². The predicted molar refractivity (Wildman–Crippen MR) is 77.0 cm³/mol. The van der Waals surface area contributed by atoms with Crippen molar-refractivity contribution in [1.82, 2.24) is 4.90 Å². The van der Waals surface area contributed by atoms with Gasteiger partial charge in [-0.05, 0) is 33.1 Å². The molecule has 0 bridgehead atoms. The van der Waals surface area contributed by atoms with Gasteiger partial charge in [-0.3, -0.25) is 10.1 Å². The number of anilines is 1. The Labute approximate surface area is 118 Å². The Morgan fingerprint density at radius 1 is 1.44 bits per heavy atom. The zero-order chi connectivity index (χ0) is 12.8. The highest BCUT2D eigenvalue weighted by Crippen LogP contribution is 2.26. The van der Waals surface area contributed by atoms with Crippen molar-refractivity contribution in [3.63, 3.8) is 0 Å². The summed E-state index contributed by atoms with van der Waals surface area (Å²) in [7, 11) is 4.03. The van der Waals surface area contributed by atoms with E-state index in [-0.39, 0.29) is 18.1 Å². The largest absolute Gasteiger partial charge is 0.384 e. The molecule has 1 aromatic rings. The molecule has 1 aromatic carbocycles. The summed E-state index contributed by atoms with van der Waals surface area (Å²) >= 11 is 5.94. The first-order valence-corrected chi connectivity index (χ1v) is 5.71. The minimum atomic E-state index is -0.457. The Morgan fingerprint density at radius 2 is 2.11 bits per heavy atom. The van der Waals surface area contributed by atoms with Gasteiger partial charge >= 0.3 is 0 Å². The van der Waals surface area contributed by atoms with Gasteiger partial charge in [0.15, 0.2) is 0 Å². The normalized spacial score (nSPS) is 10.0. The van der Waals surface area contributed by atoms with E-state index in [0.717, 1.165) is 25.2 Å². The molecule has 0 atom stereocenters. The first-order valence-electron chi connectivity index (χ1n) is 5.33. The molecule has 0 spiro atoms. The predicted octanol–water partition coefficient (Wildman–Crippen LogP) is 3.03. The van der Waals surface area contributed by atoms with Crippen molar-refractivity contribution in [2.45, 2.75) is 6.42 Å². The van der Waals surface area contributed by atoms with E-state index in [1.165, 1.54) is 12.1 Å². The van der Waals surface area contributed by atoms with Crippen molar-refractivity contribution in [1.29, 1.82) is 0 Å². The van der Waals surface area contributed by atoms with E-state index < -0.39 is 4.92 Å². The lowest BCUT2D eigenvalue weighted by Crippen LogP contribution is -2.16. The van der Waals surface area contributed by atoms with Crippen LogP contribution in [-0.2, 0) is 0 Å². The van der Waals surface area contributed by atoms with Gasteiger partial charge in [0.2, 0.25) is 0 Å². The summed E-state index contributed by atoms with van der Waals surface area (Å²) in [5, 5.41) is 14.1. The third-order valence-corrected chi connectivity index (χ3v) is 2.57. The van der Waals surface area contributed by atoms with Gasteiger partial charge in [0.05, 0.1) is 15.6 Å². The average Bonchev–Trinajstić information content (AvgIpc) is 2.25. The lowest BCUT2D eigenvalue weighted by molar-refractivity contribution is -0.384. The molecule has 18 heavy (non-hydrogen) atoms. The zero-order valence-corrected chi connectivity index (χ0v) is 11.9. The van der Waals surface area contributed by atoms with Gasteiger partial charge in [0, 0.05) is 18.7 Å². The van der Waals surface area contributed by atoms with Gasteiger partial charge in [-0.15, -0.1) is 12.4 Å². The lowest BCUT2D eigenvalue weighted by Gasteiger charge is -2.11. The van der Waals surface area contributed by atoms with Crippen LogP contribution in [0.15, 0.2) is 18.2 Å². The number of hydrogen-bond donors (Lipinski definition) is 1. The second-order valence-corrected chi connectivity index (χ2v) is 4.41. The third kappa shape index (κ3) is 5.53. The van der Waals surface area contributed by atoms with Gasteiger partial charge in [0.25, 0.3) is 5.69 Å². The molecule has 1 N–H and O–H groups in total. The summed E-state index contributed by atoms with van der Waals surface area (Å²) in [4.78, 5) is 12.2. The van der Waals surface area contributed by atoms with Crippen LogP contribution in [0.5, 0.6) is 0 Å². The molecule has 0 aliphatic rings. The van der Waals surface area contributed by atoms with Crippen LogP contribution < -0.4 is 5.32 Å². The number of hydrogen-bond acceptors (Lipinski definition) is 4. The van der Waals surface area contributed by atoms with Crippen LogP contribution in [0.3, 0.4) is 0 Å². The monoisotopic (exact) mass is 293 g/mol. The van der Waals surface area contributed by atoms with Crippen LogP contribution in [0, 0.1) is 10.1 Å². The fourth-order valence-corrected chi connectivity index (χ4v) is 1.62. The van der Waals surface area contributed by atoms with Crippen LogP contribution in [0.4, 0.5) is 11.4 Å². The van der Waals surface area contributed by atoms with Gasteiger partial charge in [0.1, 0.15) is 0 Å². The number of nitrogens with one attached hydrogen (secondary N) is 1. The summed E-state index contributed by atoms with van der Waals surface area (Å²) in [6.45, 7) is 1.77. The second kappa shape index (κ2) is 8.13. The highest BCUT2D eigenvalue weighted by Gasteiger charge is 2.08. The summed E-state index contributed by atoms with van der Waals surface area (Å²) in [5.41, 5.74) is 0.741. The molecule has 7 heteroatoms. The fraction of sp³-hybridized carbons (Fsp3) is 0.455. The molecular weight excluding hydrogens is 277 g/mol. The molecule has 0 heterocycles. The van der Waals surface area contributed by atoms with E-state index in [1.807, 2.05) is 14.1 Å². The van der Waals surface area contributed by atoms with Crippen molar-refractivity contribution in [2.75, 3.05) is 32.5 Å². The molecule has 1 rings (SSSR count). The number of benzene rings is 1. The summed E-state index contributed by atoms with van der Waals surface area (Å²) < 4.78 is 0. The Morgan fingerprint density at radius 3 is 2.61 bits per heavy atom. The average molecular weight is 294 g/mol. The molecule has 0 aliphatic carbocycles. The molecule has 0 unspecified atom stereocenters. The van der Waals surface area contributed by atoms with E-state index in [2.05, 4.69) is 10.2 Å². The van der Waals surface area contributed by atoms with E-state index >= 15 is 0 Å². The third-order valence-electron chi connectivity index (χ3n) is 2.26. The Kier molecular flexibility index (Phi) is 7.66. The first kappa shape index (κ1) is 17.0. The SMILES string of the molecule is CN(C)CCCNc1ccc([N+](=O)[O-])cc1Cl.Cl. The van der Waals surface area contributed by atoms with Crippen molar-refractivity contribution < 1.29 is 4.92 Å². The van der Waals surface area contributed by atoms with Crippen LogP contribution in [0.25, 0.3) is 0 Å². The van der Waals surface area contributed by atoms with E-state index in [4.69, 9.17) is 11.6 Å². The van der Waals surface area contributed by atoms with E-state index in [9.17, 15) is 10.1 Å². The Bertz CT molecular complexity index is 400. The molecule has 102 valence electrons. The van der Waals surface area contributed by atoms with Gasteiger partial charge in [-0.25, -0.2) is 0 Å². The Hall–Kier alpha value is -1.04. The summed E-state index contributed by atoms with van der Waals surface area (Å²) in [6, 6.07) is 4.44. The fourth-order valence-electron chi connectivity index (χ4n) is 1.38. The van der Waals surface area contributed by atoms with Crippen LogP contribution in [0.1, 0.15) is 6.42 Å². The molecule has 0 amide bonds. The van der Waals surface area contributed by atoms with Crippen LogP contribution >= 0.6 is 24.0 Å². The van der Waals surface area contributed by atoms with E-state index in [1.54, 1.807) is 6.07 Å². The number of halogens is 2. The molecule has 0 fully saturated rings. The lowest BCUT2D eigenvalue weighted by atomic mass is 10.2. The number of non-ortho nitro benzene ring substituents is 1. The number of rotatable bonds is 6. The molecule has 0 saturated carbocycles. The summed E-state index contributed by atoms with van der Waals surface area (Å²) in [6.07, 6.45) is 0.986. The van der Waals surface area contributed by atoms with Crippen LogP contribution in [0.2, 0.25) is 5.02 Å². The minimum Gasteiger partial charge on any atom is -0.384 e. The van der Waals surface area contributed by atoms with Gasteiger partial charge in [-0.2, -0.15) is 0 Å². The van der Waals surface area contributed by atoms with Crippen molar-refractivity contribution in [3.05, 3.63) is 33.3 Å². The molecule has 0 aromatic heterocycles. The van der Waals surface area contributed by atoms with Gasteiger partial charge in [-0.1, -0.05) is 11.6 Å². The molecule has 5 nitrogen and oxygen atoms in total. The number of nitro benzene ring substituents is 1.